The molecule has 3 aromatic rings. The Labute approximate surface area is 186 Å². The summed E-state index contributed by atoms with van der Waals surface area (Å²) in [6.45, 7) is 4.69. The Kier molecular flexibility index (Phi) is 5.44. The van der Waals surface area contributed by atoms with Crippen LogP contribution in [0, 0.1) is 0 Å². The molecule has 0 unspecified atom stereocenters. The maximum absolute atomic E-state index is 13.1. The first kappa shape index (κ1) is 20.1. The Morgan fingerprint density at radius 3 is 2.55 bits per heavy atom. The lowest BCUT2D eigenvalue weighted by Gasteiger charge is -2.25. The number of thiophene rings is 1. The second-order valence-corrected chi connectivity index (χ2v) is 9.23. The summed E-state index contributed by atoms with van der Waals surface area (Å²) >= 11 is 1.41. The standard InChI is InChI=1S/C24H28N4O2S/c1-2-30-16-11-9-15(10-12-16)26-23(29)21-20(25)19-17-7-3-4-8-18(17)22(27-24(19)31-21)28-13-5-6-14-28/h9-12H,2-8,13-14,25H2,1H3,(H,26,29). The van der Waals surface area contributed by atoms with Crippen LogP contribution < -0.4 is 20.7 Å². The molecule has 0 saturated carbocycles. The number of nitrogens with two attached hydrogens (primary N) is 1. The number of nitrogen functional groups attached to an aromatic ring is 1. The highest BCUT2D eigenvalue weighted by Crippen LogP contribution is 2.42. The number of pyridine rings is 1. The van der Waals surface area contributed by atoms with Gasteiger partial charge in [-0.25, -0.2) is 4.98 Å². The van der Waals surface area contributed by atoms with Crippen molar-refractivity contribution in [2.75, 3.05) is 35.6 Å². The summed E-state index contributed by atoms with van der Waals surface area (Å²) in [7, 11) is 0. The number of nitrogens with zero attached hydrogens (tertiary/aromatic N) is 2. The van der Waals surface area contributed by atoms with Crippen LogP contribution in [0.15, 0.2) is 24.3 Å². The van der Waals surface area contributed by atoms with E-state index in [9.17, 15) is 4.79 Å². The lowest BCUT2D eigenvalue weighted by Crippen LogP contribution is -2.22. The summed E-state index contributed by atoms with van der Waals surface area (Å²) in [5.74, 6) is 1.73. The molecule has 1 amide bonds. The zero-order chi connectivity index (χ0) is 21.4. The fraction of sp³-hybridized carbons (Fsp3) is 0.417. The van der Waals surface area contributed by atoms with Gasteiger partial charge in [-0.05, 0) is 80.8 Å². The van der Waals surface area contributed by atoms with Crippen molar-refractivity contribution in [1.29, 1.82) is 0 Å². The van der Waals surface area contributed by atoms with Crippen molar-refractivity contribution in [1.82, 2.24) is 4.98 Å². The molecule has 6 nitrogen and oxygen atoms in total. The third-order valence-electron chi connectivity index (χ3n) is 6.21. The first-order chi connectivity index (χ1) is 15.2. The molecule has 1 saturated heterocycles. The van der Waals surface area contributed by atoms with Crippen LogP contribution in [0.1, 0.15) is 53.4 Å². The minimum absolute atomic E-state index is 0.183. The molecule has 0 radical (unpaired) electrons. The fourth-order valence-electron chi connectivity index (χ4n) is 4.74. The predicted octanol–water partition coefficient (Wildman–Crippen LogP) is 5.01. The van der Waals surface area contributed by atoms with Crippen LogP contribution in [0.3, 0.4) is 0 Å². The minimum Gasteiger partial charge on any atom is -0.494 e. The van der Waals surface area contributed by atoms with Gasteiger partial charge in [0.2, 0.25) is 0 Å². The van der Waals surface area contributed by atoms with E-state index in [0.29, 0.717) is 17.2 Å². The number of fused-ring (bicyclic) bond motifs is 3. The molecule has 3 N–H and O–H groups in total. The van der Waals surface area contributed by atoms with Gasteiger partial charge in [0, 0.05) is 24.2 Å². The van der Waals surface area contributed by atoms with Gasteiger partial charge in [-0.3, -0.25) is 4.79 Å². The molecular weight excluding hydrogens is 408 g/mol. The molecule has 3 heterocycles. The largest absolute Gasteiger partial charge is 0.494 e. The number of benzene rings is 1. The molecule has 7 heteroatoms. The van der Waals surface area contributed by atoms with Crippen LogP contribution in [0.5, 0.6) is 5.75 Å². The molecular formula is C24H28N4O2S. The molecule has 0 spiro atoms. The first-order valence-electron chi connectivity index (χ1n) is 11.2. The second-order valence-electron chi connectivity index (χ2n) is 8.23. The van der Waals surface area contributed by atoms with E-state index >= 15 is 0 Å². The lowest BCUT2D eigenvalue weighted by atomic mass is 9.89. The molecule has 2 aliphatic rings. The number of hydrogen-bond donors (Lipinski definition) is 2. The highest BCUT2D eigenvalue weighted by atomic mass is 32.1. The summed E-state index contributed by atoms with van der Waals surface area (Å²) in [6.07, 6.45) is 6.85. The zero-order valence-corrected chi connectivity index (χ0v) is 18.7. The Hall–Kier alpha value is -2.80. The number of hydrogen-bond acceptors (Lipinski definition) is 6. The summed E-state index contributed by atoms with van der Waals surface area (Å²) in [6, 6.07) is 7.40. The topological polar surface area (TPSA) is 80.5 Å². The third kappa shape index (κ3) is 3.71. The summed E-state index contributed by atoms with van der Waals surface area (Å²) in [5.41, 5.74) is 10.5. The average Bonchev–Trinajstić information content (AvgIpc) is 3.43. The normalized spacial score (nSPS) is 15.8. The van der Waals surface area contributed by atoms with Gasteiger partial charge in [0.15, 0.2) is 0 Å². The SMILES string of the molecule is CCOc1ccc(NC(=O)c2sc3nc(N4CCCC4)c4c(c3c2N)CCCC4)cc1. The molecule has 2 aromatic heterocycles. The van der Waals surface area contributed by atoms with Crippen molar-refractivity contribution in [3.8, 4) is 5.75 Å². The molecule has 1 fully saturated rings. The van der Waals surface area contributed by atoms with Crippen LogP contribution >= 0.6 is 11.3 Å². The molecule has 1 aromatic carbocycles. The summed E-state index contributed by atoms with van der Waals surface area (Å²) < 4.78 is 5.47. The van der Waals surface area contributed by atoms with Gasteiger partial charge < -0.3 is 20.7 Å². The van der Waals surface area contributed by atoms with Gasteiger partial charge in [-0.15, -0.1) is 11.3 Å². The first-order valence-corrected chi connectivity index (χ1v) is 12.0. The van der Waals surface area contributed by atoms with Crippen molar-refractivity contribution < 1.29 is 9.53 Å². The number of carbonyl (C=O) groups is 1. The van der Waals surface area contributed by atoms with Gasteiger partial charge in [0.05, 0.1) is 12.3 Å². The van der Waals surface area contributed by atoms with Gasteiger partial charge in [0.1, 0.15) is 21.3 Å². The highest BCUT2D eigenvalue weighted by molar-refractivity contribution is 7.21. The van der Waals surface area contributed by atoms with Crippen LogP contribution in [0.25, 0.3) is 10.2 Å². The van der Waals surface area contributed by atoms with E-state index in [1.165, 1.54) is 41.7 Å². The average molecular weight is 437 g/mol. The van der Waals surface area contributed by atoms with E-state index in [4.69, 9.17) is 15.5 Å². The minimum atomic E-state index is -0.183. The molecule has 1 aliphatic carbocycles. The zero-order valence-electron chi connectivity index (χ0n) is 17.9. The van der Waals surface area contributed by atoms with E-state index in [-0.39, 0.29) is 5.91 Å². The number of amides is 1. The second kappa shape index (κ2) is 8.38. The molecule has 1 aliphatic heterocycles. The molecule has 31 heavy (non-hydrogen) atoms. The predicted molar refractivity (Wildman–Crippen MR) is 128 cm³/mol. The smallest absolute Gasteiger partial charge is 0.267 e. The number of ether oxygens (including phenoxy) is 1. The van der Waals surface area contributed by atoms with Crippen molar-refractivity contribution in [3.05, 3.63) is 40.3 Å². The number of aryl methyl sites for hydroxylation is 1. The highest BCUT2D eigenvalue weighted by Gasteiger charge is 2.28. The van der Waals surface area contributed by atoms with E-state index in [1.54, 1.807) is 0 Å². The van der Waals surface area contributed by atoms with Crippen LogP contribution in [-0.4, -0.2) is 30.6 Å². The van der Waals surface area contributed by atoms with Crippen molar-refractivity contribution in [2.24, 2.45) is 0 Å². The van der Waals surface area contributed by atoms with Crippen molar-refractivity contribution in [2.45, 2.75) is 45.4 Å². The van der Waals surface area contributed by atoms with E-state index in [1.807, 2.05) is 31.2 Å². The summed E-state index contributed by atoms with van der Waals surface area (Å²) in [5, 5.41) is 3.98. The monoisotopic (exact) mass is 436 g/mol. The number of carbonyl (C=O) groups excluding carboxylic acids is 1. The third-order valence-corrected chi connectivity index (χ3v) is 7.31. The van der Waals surface area contributed by atoms with Crippen molar-refractivity contribution >= 4 is 44.7 Å². The van der Waals surface area contributed by atoms with Gasteiger partial charge in [-0.1, -0.05) is 0 Å². The Morgan fingerprint density at radius 1 is 1.13 bits per heavy atom. The van der Waals surface area contributed by atoms with E-state index in [0.717, 1.165) is 59.8 Å². The lowest BCUT2D eigenvalue weighted by molar-refractivity contribution is 0.103. The van der Waals surface area contributed by atoms with Crippen molar-refractivity contribution in [3.63, 3.8) is 0 Å². The van der Waals surface area contributed by atoms with E-state index < -0.39 is 0 Å². The Balaban J connectivity index is 1.51. The number of aromatic nitrogens is 1. The molecule has 0 atom stereocenters. The van der Waals surface area contributed by atoms with Crippen LogP contribution in [0.2, 0.25) is 0 Å². The number of nitrogens with one attached hydrogen (secondary N) is 1. The number of rotatable bonds is 5. The van der Waals surface area contributed by atoms with E-state index in [2.05, 4.69) is 10.2 Å². The molecule has 0 bridgehead atoms. The van der Waals surface area contributed by atoms with Crippen LogP contribution in [0.4, 0.5) is 17.2 Å². The number of anilines is 3. The van der Waals surface area contributed by atoms with Gasteiger partial charge in [-0.2, -0.15) is 0 Å². The van der Waals surface area contributed by atoms with Gasteiger partial charge in [0.25, 0.3) is 5.91 Å². The van der Waals surface area contributed by atoms with Crippen LogP contribution in [-0.2, 0) is 12.8 Å². The maximum atomic E-state index is 13.1. The molecule has 162 valence electrons. The Morgan fingerprint density at radius 2 is 1.84 bits per heavy atom. The molecule has 5 rings (SSSR count). The maximum Gasteiger partial charge on any atom is 0.267 e. The Bertz CT molecular complexity index is 1120. The summed E-state index contributed by atoms with van der Waals surface area (Å²) in [4.78, 5) is 22.0. The quantitative estimate of drug-likeness (QED) is 0.588. The fourth-order valence-corrected chi connectivity index (χ4v) is 5.76. The van der Waals surface area contributed by atoms with Gasteiger partial charge >= 0.3 is 0 Å².